The minimum atomic E-state index is -3.48. The number of hydrogen-bond acceptors (Lipinski definition) is 6. The number of ether oxygens (including phenoxy) is 2. The minimum absolute atomic E-state index is 0.0758. The molecule has 1 aromatic rings. The van der Waals surface area contributed by atoms with Crippen LogP contribution < -0.4 is 0 Å². The predicted molar refractivity (Wildman–Crippen MR) is 85.8 cm³/mol. The van der Waals surface area contributed by atoms with Crippen LogP contribution in [0.2, 0.25) is 0 Å². The maximum absolute atomic E-state index is 12.4. The van der Waals surface area contributed by atoms with Crippen molar-refractivity contribution in [3.05, 3.63) is 29.8 Å². The lowest BCUT2D eigenvalue weighted by Crippen LogP contribution is -2.38. The Morgan fingerprint density at radius 1 is 1.08 bits per heavy atom. The highest BCUT2D eigenvalue weighted by atomic mass is 32.2. The van der Waals surface area contributed by atoms with Gasteiger partial charge in [0, 0.05) is 26.3 Å². The number of carbonyl (C=O) groups is 2. The number of methoxy groups -OCH3 is 2. The van der Waals surface area contributed by atoms with Crippen molar-refractivity contribution in [1.29, 1.82) is 0 Å². The van der Waals surface area contributed by atoms with Crippen LogP contribution in [0, 0.1) is 0 Å². The van der Waals surface area contributed by atoms with Gasteiger partial charge < -0.3 is 19.5 Å². The van der Waals surface area contributed by atoms with E-state index in [4.69, 9.17) is 14.6 Å². The molecule has 0 heterocycles. The highest BCUT2D eigenvalue weighted by Gasteiger charge is 2.20. The largest absolute Gasteiger partial charge is 0.480 e. The van der Waals surface area contributed by atoms with Crippen molar-refractivity contribution in [3.8, 4) is 0 Å². The van der Waals surface area contributed by atoms with Gasteiger partial charge in [-0.25, -0.2) is 8.42 Å². The van der Waals surface area contributed by atoms with Crippen molar-refractivity contribution in [3.63, 3.8) is 0 Å². The number of carboxylic acids is 1. The number of amides is 1. The van der Waals surface area contributed by atoms with Gasteiger partial charge in [0.25, 0.3) is 5.91 Å². The summed E-state index contributed by atoms with van der Waals surface area (Å²) < 4.78 is 33.7. The van der Waals surface area contributed by atoms with Crippen LogP contribution in [-0.2, 0) is 24.1 Å². The Balaban J connectivity index is 2.92. The SMILES string of the molecule is COCCN(CC(=O)O)C(=O)c1ccc(S(=O)(=O)CCOC)cc1. The van der Waals surface area contributed by atoms with E-state index >= 15 is 0 Å². The van der Waals surface area contributed by atoms with Gasteiger partial charge in [0.15, 0.2) is 9.84 Å². The molecular formula is C15H21NO7S. The second-order valence-corrected chi connectivity index (χ2v) is 7.06. The number of hydrogen-bond donors (Lipinski definition) is 1. The number of rotatable bonds is 10. The van der Waals surface area contributed by atoms with Gasteiger partial charge in [0.2, 0.25) is 0 Å². The van der Waals surface area contributed by atoms with E-state index in [9.17, 15) is 18.0 Å². The average Bonchev–Trinajstić information content (AvgIpc) is 2.56. The van der Waals surface area contributed by atoms with Crippen LogP contribution >= 0.6 is 0 Å². The summed E-state index contributed by atoms with van der Waals surface area (Å²) in [6, 6.07) is 5.38. The topological polar surface area (TPSA) is 110 Å². The van der Waals surface area contributed by atoms with Crippen molar-refractivity contribution in [2.45, 2.75) is 4.90 Å². The predicted octanol–water partition coefficient (Wildman–Crippen LogP) is 0.280. The second kappa shape index (κ2) is 9.36. The number of carbonyl (C=O) groups excluding carboxylic acids is 1. The lowest BCUT2D eigenvalue weighted by atomic mass is 10.2. The summed E-state index contributed by atoms with van der Waals surface area (Å²) in [6.45, 7) is -0.0689. The van der Waals surface area contributed by atoms with Crippen molar-refractivity contribution in [2.75, 3.05) is 46.3 Å². The third kappa shape index (κ3) is 5.91. The van der Waals surface area contributed by atoms with Gasteiger partial charge in [-0.3, -0.25) is 9.59 Å². The zero-order valence-corrected chi connectivity index (χ0v) is 14.4. The van der Waals surface area contributed by atoms with E-state index in [0.29, 0.717) is 0 Å². The van der Waals surface area contributed by atoms with Gasteiger partial charge in [-0.1, -0.05) is 0 Å². The molecule has 24 heavy (non-hydrogen) atoms. The third-order valence-electron chi connectivity index (χ3n) is 3.20. The fourth-order valence-corrected chi connectivity index (χ4v) is 3.09. The maximum Gasteiger partial charge on any atom is 0.323 e. The molecule has 0 fully saturated rings. The first-order valence-electron chi connectivity index (χ1n) is 7.13. The summed E-state index contributed by atoms with van der Waals surface area (Å²) in [7, 11) is -0.624. The summed E-state index contributed by atoms with van der Waals surface area (Å²) in [4.78, 5) is 24.4. The van der Waals surface area contributed by atoms with Crippen LogP contribution in [0.15, 0.2) is 29.2 Å². The molecule has 1 aromatic carbocycles. The van der Waals surface area contributed by atoms with Crippen molar-refractivity contribution < 1.29 is 32.6 Å². The molecule has 8 nitrogen and oxygen atoms in total. The zero-order chi connectivity index (χ0) is 18.2. The zero-order valence-electron chi connectivity index (χ0n) is 13.6. The Bertz CT molecular complexity index is 655. The molecule has 0 saturated carbocycles. The molecule has 1 rings (SSSR count). The minimum Gasteiger partial charge on any atom is -0.480 e. The monoisotopic (exact) mass is 359 g/mol. The lowest BCUT2D eigenvalue weighted by Gasteiger charge is -2.20. The van der Waals surface area contributed by atoms with Gasteiger partial charge in [-0.2, -0.15) is 0 Å². The Labute approximate surface area is 140 Å². The molecule has 1 N–H and O–H groups in total. The fraction of sp³-hybridized carbons (Fsp3) is 0.467. The van der Waals surface area contributed by atoms with E-state index in [2.05, 4.69) is 0 Å². The fourth-order valence-electron chi connectivity index (χ4n) is 1.92. The van der Waals surface area contributed by atoms with E-state index in [0.717, 1.165) is 4.90 Å². The second-order valence-electron chi connectivity index (χ2n) is 4.95. The molecule has 0 radical (unpaired) electrons. The molecule has 134 valence electrons. The van der Waals surface area contributed by atoms with Gasteiger partial charge in [0.1, 0.15) is 6.54 Å². The van der Waals surface area contributed by atoms with E-state index in [-0.39, 0.29) is 36.0 Å². The highest BCUT2D eigenvalue weighted by Crippen LogP contribution is 2.14. The van der Waals surface area contributed by atoms with Gasteiger partial charge in [0.05, 0.1) is 23.9 Å². The summed E-state index contributed by atoms with van der Waals surface area (Å²) in [5.41, 5.74) is 0.207. The van der Waals surface area contributed by atoms with Crippen LogP contribution in [0.3, 0.4) is 0 Å². The Kier molecular flexibility index (Phi) is 7.83. The standard InChI is InChI=1S/C15H21NO7S/c1-22-8-7-16(11-14(17)18)15(19)12-3-5-13(6-4-12)24(20,21)10-9-23-2/h3-6H,7-11H2,1-2H3,(H,17,18). The smallest absolute Gasteiger partial charge is 0.323 e. The van der Waals surface area contributed by atoms with Crippen LogP contribution in [-0.4, -0.2) is 76.6 Å². The maximum atomic E-state index is 12.4. The molecule has 0 unspecified atom stereocenters. The van der Waals surface area contributed by atoms with Gasteiger partial charge in [-0.15, -0.1) is 0 Å². The molecular weight excluding hydrogens is 338 g/mol. The quantitative estimate of drug-likeness (QED) is 0.639. The third-order valence-corrected chi connectivity index (χ3v) is 4.89. The lowest BCUT2D eigenvalue weighted by molar-refractivity contribution is -0.137. The number of carboxylic acid groups (broad SMARTS) is 1. The molecule has 9 heteroatoms. The number of benzene rings is 1. The first kappa shape index (κ1) is 20.1. The van der Waals surface area contributed by atoms with E-state index in [1.54, 1.807) is 0 Å². The molecule has 0 saturated heterocycles. The molecule has 1 amide bonds. The van der Waals surface area contributed by atoms with Gasteiger partial charge in [-0.05, 0) is 24.3 Å². The molecule has 0 spiro atoms. The summed E-state index contributed by atoms with van der Waals surface area (Å²) >= 11 is 0. The molecule has 0 atom stereocenters. The first-order chi connectivity index (χ1) is 11.3. The Hall–Kier alpha value is -1.97. The van der Waals surface area contributed by atoms with E-state index < -0.39 is 28.3 Å². The molecule has 0 aliphatic rings. The van der Waals surface area contributed by atoms with Crippen LogP contribution in [0.25, 0.3) is 0 Å². The van der Waals surface area contributed by atoms with E-state index in [1.165, 1.54) is 38.5 Å². The van der Waals surface area contributed by atoms with Crippen LogP contribution in [0.4, 0.5) is 0 Å². The number of aliphatic carboxylic acids is 1. The van der Waals surface area contributed by atoms with E-state index in [1.807, 2.05) is 0 Å². The summed E-state index contributed by atoms with van der Waals surface area (Å²) in [5, 5.41) is 8.89. The summed E-state index contributed by atoms with van der Waals surface area (Å²) in [5.74, 6) is -1.80. The van der Waals surface area contributed by atoms with Crippen molar-refractivity contribution in [1.82, 2.24) is 4.90 Å². The number of nitrogens with zero attached hydrogens (tertiary/aromatic N) is 1. The molecule has 0 aliphatic carbocycles. The summed E-state index contributed by atoms with van der Waals surface area (Å²) in [6.07, 6.45) is 0. The molecule has 0 bridgehead atoms. The molecule has 0 aliphatic heterocycles. The Morgan fingerprint density at radius 3 is 2.17 bits per heavy atom. The normalized spacial score (nSPS) is 11.2. The van der Waals surface area contributed by atoms with Crippen LogP contribution in [0.5, 0.6) is 0 Å². The highest BCUT2D eigenvalue weighted by molar-refractivity contribution is 7.91. The van der Waals surface area contributed by atoms with Crippen molar-refractivity contribution >= 4 is 21.7 Å². The number of sulfone groups is 1. The molecule has 0 aromatic heterocycles. The average molecular weight is 359 g/mol. The van der Waals surface area contributed by atoms with Gasteiger partial charge >= 0.3 is 5.97 Å². The first-order valence-corrected chi connectivity index (χ1v) is 8.79. The van der Waals surface area contributed by atoms with Crippen LogP contribution in [0.1, 0.15) is 10.4 Å². The van der Waals surface area contributed by atoms with Crippen molar-refractivity contribution in [2.24, 2.45) is 0 Å². The Morgan fingerprint density at radius 2 is 1.67 bits per heavy atom.